The molecule has 0 saturated heterocycles. The summed E-state index contributed by atoms with van der Waals surface area (Å²) in [4.78, 5) is 10.2. The maximum Gasteiger partial charge on any atom is 0.143 e. The summed E-state index contributed by atoms with van der Waals surface area (Å²) < 4.78 is 6.69. The molecule has 0 radical (unpaired) electrons. The van der Waals surface area contributed by atoms with Crippen molar-refractivity contribution in [3.8, 4) is 33.5 Å². The summed E-state index contributed by atoms with van der Waals surface area (Å²) in [5, 5.41) is 4.71. The summed E-state index contributed by atoms with van der Waals surface area (Å²) in [7, 11) is 0. The van der Waals surface area contributed by atoms with E-state index in [4.69, 9.17) is 14.4 Å². The first-order chi connectivity index (χ1) is 25.0. The van der Waals surface area contributed by atoms with Crippen molar-refractivity contribution in [3.63, 3.8) is 0 Å². The van der Waals surface area contributed by atoms with Crippen LogP contribution in [0, 0.1) is 5.92 Å². The third kappa shape index (κ3) is 5.63. The number of nitrogens with zero attached hydrogens (tertiary/aromatic N) is 2. The number of aryl methyl sites for hydroxylation is 1. The molecule has 0 aliphatic carbocycles. The van der Waals surface area contributed by atoms with Gasteiger partial charge in [0.25, 0.3) is 0 Å². The minimum Gasteiger partial charge on any atom is -0.455 e. The predicted octanol–water partition coefficient (Wildman–Crippen LogP) is 13.5. The molecule has 8 rings (SSSR count). The van der Waals surface area contributed by atoms with Crippen LogP contribution < -0.4 is 0 Å². The van der Waals surface area contributed by atoms with Crippen LogP contribution in [0.25, 0.3) is 89.4 Å². The Morgan fingerprint density at radius 2 is 1.43 bits per heavy atom. The molecule has 1 unspecified atom stereocenters. The number of hydrogen-bond acceptors (Lipinski definition) is 3. The highest BCUT2D eigenvalue weighted by Gasteiger charge is 2.21. The Kier molecular flexibility index (Phi) is 8.57. The van der Waals surface area contributed by atoms with E-state index in [1.165, 1.54) is 21.9 Å². The summed E-state index contributed by atoms with van der Waals surface area (Å²) in [6, 6.07) is 36.8. The standard InChI is InChI=1S/C48H42N2O/c1-6-16-37-36(9-4)46-47(39-22-11-10-21-38(37)39)50-43(29-49-46)35-20-15-18-33(27-35)32-17-14-19-34(26-32)42-28-31(8-3)41(25-30(5)7-2)45-40-23-12-13-24-44(40)51-48(42)45/h6,9-24,26-30H,4,7-8,25H2,1-3,5H3. The molecule has 0 amide bonds. The molecule has 1 atom stereocenters. The van der Waals surface area contributed by atoms with Crippen molar-refractivity contribution in [3.05, 3.63) is 144 Å². The summed E-state index contributed by atoms with van der Waals surface area (Å²) in [5.41, 5.74) is 15.1. The Hall–Kier alpha value is -5.80. The molecular weight excluding hydrogens is 621 g/mol. The molecular formula is C48H42N2O. The fourth-order valence-corrected chi connectivity index (χ4v) is 7.67. The van der Waals surface area contributed by atoms with E-state index in [-0.39, 0.29) is 0 Å². The zero-order valence-electron chi connectivity index (χ0n) is 29.8. The second-order valence-electron chi connectivity index (χ2n) is 13.6. The first-order valence-corrected chi connectivity index (χ1v) is 18.2. The van der Waals surface area contributed by atoms with E-state index in [1.54, 1.807) is 0 Å². The molecule has 0 aliphatic rings. The number of para-hydroxylation sites is 1. The highest BCUT2D eigenvalue weighted by atomic mass is 16.3. The van der Waals surface area contributed by atoms with Crippen molar-refractivity contribution >= 4 is 55.9 Å². The minimum absolute atomic E-state index is 0.597. The van der Waals surface area contributed by atoms with Gasteiger partial charge in [-0.2, -0.15) is 0 Å². The lowest BCUT2D eigenvalue weighted by atomic mass is 9.87. The molecule has 2 aromatic heterocycles. The summed E-state index contributed by atoms with van der Waals surface area (Å²) >= 11 is 0. The van der Waals surface area contributed by atoms with Gasteiger partial charge in [0.15, 0.2) is 0 Å². The van der Waals surface area contributed by atoms with Gasteiger partial charge in [-0.1, -0.05) is 131 Å². The highest BCUT2D eigenvalue weighted by molar-refractivity contribution is 6.13. The smallest absolute Gasteiger partial charge is 0.143 e. The molecule has 6 aromatic carbocycles. The van der Waals surface area contributed by atoms with Crippen LogP contribution in [0.2, 0.25) is 0 Å². The molecule has 0 fully saturated rings. The fraction of sp³-hybridized carbons (Fsp3) is 0.167. The van der Waals surface area contributed by atoms with Crippen molar-refractivity contribution in [1.29, 1.82) is 0 Å². The molecule has 3 heteroatoms. The van der Waals surface area contributed by atoms with Crippen molar-refractivity contribution in [2.75, 3.05) is 0 Å². The van der Waals surface area contributed by atoms with Crippen molar-refractivity contribution in [1.82, 2.24) is 9.97 Å². The average molecular weight is 663 g/mol. The van der Waals surface area contributed by atoms with Gasteiger partial charge in [-0.15, -0.1) is 0 Å². The SMILES string of the molecule is C=Cc1c(C=CC)c2ccccc2c2nc(-c3cccc(-c4cccc(-c5cc(CC)c(CC(C)CC)c6c5oc5ccccc56)c4)c3)cnc12. The maximum absolute atomic E-state index is 6.69. The first kappa shape index (κ1) is 32.4. The van der Waals surface area contributed by atoms with E-state index < -0.39 is 0 Å². The molecule has 0 saturated carbocycles. The van der Waals surface area contributed by atoms with Crippen LogP contribution in [-0.4, -0.2) is 9.97 Å². The summed E-state index contributed by atoms with van der Waals surface area (Å²) in [6.07, 6.45) is 11.2. The maximum atomic E-state index is 6.69. The number of fused-ring (bicyclic) bond motifs is 6. The van der Waals surface area contributed by atoms with Gasteiger partial charge in [-0.05, 0) is 88.7 Å². The normalized spacial score (nSPS) is 12.5. The Bertz CT molecular complexity index is 2640. The number of furan rings is 1. The van der Waals surface area contributed by atoms with Gasteiger partial charge in [0, 0.05) is 32.8 Å². The zero-order chi connectivity index (χ0) is 35.1. The van der Waals surface area contributed by atoms with E-state index in [2.05, 4.69) is 143 Å². The molecule has 2 heterocycles. The Morgan fingerprint density at radius 1 is 0.745 bits per heavy atom. The van der Waals surface area contributed by atoms with Gasteiger partial charge in [0.2, 0.25) is 0 Å². The summed E-state index contributed by atoms with van der Waals surface area (Å²) in [6.45, 7) is 13.1. The van der Waals surface area contributed by atoms with E-state index in [0.29, 0.717) is 5.92 Å². The van der Waals surface area contributed by atoms with E-state index >= 15 is 0 Å². The molecule has 8 aromatic rings. The molecule has 0 N–H and O–H groups in total. The van der Waals surface area contributed by atoms with Gasteiger partial charge in [0.1, 0.15) is 11.2 Å². The number of benzene rings is 6. The zero-order valence-corrected chi connectivity index (χ0v) is 29.8. The molecule has 3 nitrogen and oxygen atoms in total. The minimum atomic E-state index is 0.597. The van der Waals surface area contributed by atoms with E-state index in [0.717, 1.165) is 96.9 Å². The topological polar surface area (TPSA) is 38.9 Å². The molecule has 0 spiro atoms. The van der Waals surface area contributed by atoms with Crippen LogP contribution in [0.4, 0.5) is 0 Å². The second-order valence-corrected chi connectivity index (χ2v) is 13.6. The van der Waals surface area contributed by atoms with Crippen molar-refractivity contribution in [2.24, 2.45) is 5.92 Å². The number of rotatable bonds is 9. The Labute approximate surface area is 300 Å². The number of hydrogen-bond donors (Lipinski definition) is 0. The first-order valence-electron chi connectivity index (χ1n) is 18.2. The van der Waals surface area contributed by atoms with Crippen LogP contribution in [0.3, 0.4) is 0 Å². The summed E-state index contributed by atoms with van der Waals surface area (Å²) in [5.74, 6) is 0.597. The fourth-order valence-electron chi connectivity index (χ4n) is 7.67. The molecule has 0 aliphatic heterocycles. The third-order valence-electron chi connectivity index (χ3n) is 10.5. The Morgan fingerprint density at radius 3 is 2.16 bits per heavy atom. The van der Waals surface area contributed by atoms with Gasteiger partial charge in [-0.25, -0.2) is 4.98 Å². The lowest BCUT2D eigenvalue weighted by Gasteiger charge is -2.17. The van der Waals surface area contributed by atoms with E-state index in [1.807, 2.05) is 19.2 Å². The van der Waals surface area contributed by atoms with Crippen LogP contribution in [0.15, 0.2) is 126 Å². The lowest BCUT2D eigenvalue weighted by Crippen LogP contribution is -2.03. The van der Waals surface area contributed by atoms with Crippen LogP contribution in [-0.2, 0) is 12.8 Å². The predicted molar refractivity (Wildman–Crippen MR) is 218 cm³/mol. The molecule has 0 bridgehead atoms. The second kappa shape index (κ2) is 13.5. The number of aromatic nitrogens is 2. The Balaban J connectivity index is 1.25. The van der Waals surface area contributed by atoms with Crippen LogP contribution in [0.5, 0.6) is 0 Å². The van der Waals surface area contributed by atoms with Crippen LogP contribution in [0.1, 0.15) is 56.4 Å². The monoisotopic (exact) mass is 662 g/mol. The third-order valence-corrected chi connectivity index (χ3v) is 10.5. The molecule has 250 valence electrons. The average Bonchev–Trinajstić information content (AvgIpc) is 3.58. The number of allylic oxidation sites excluding steroid dienone is 1. The van der Waals surface area contributed by atoms with Crippen molar-refractivity contribution in [2.45, 2.75) is 47.0 Å². The quantitative estimate of drug-likeness (QED) is 0.144. The van der Waals surface area contributed by atoms with Crippen molar-refractivity contribution < 1.29 is 4.42 Å². The van der Waals surface area contributed by atoms with Crippen LogP contribution >= 0.6 is 0 Å². The lowest BCUT2D eigenvalue weighted by molar-refractivity contribution is 0.560. The highest BCUT2D eigenvalue weighted by Crippen LogP contribution is 2.42. The van der Waals surface area contributed by atoms with Gasteiger partial charge in [-0.3, -0.25) is 4.98 Å². The van der Waals surface area contributed by atoms with Gasteiger partial charge >= 0.3 is 0 Å². The molecule has 51 heavy (non-hydrogen) atoms. The van der Waals surface area contributed by atoms with E-state index in [9.17, 15) is 0 Å². The van der Waals surface area contributed by atoms with Gasteiger partial charge in [0.05, 0.1) is 22.9 Å². The largest absolute Gasteiger partial charge is 0.455 e. The van der Waals surface area contributed by atoms with Gasteiger partial charge < -0.3 is 4.42 Å².